The number of aliphatic imine (C=N–C) groups is 1. The molecule has 0 aromatic rings. The molecule has 0 saturated carbocycles. The summed E-state index contributed by atoms with van der Waals surface area (Å²) in [6.45, 7) is -0.0380. The zero-order chi connectivity index (χ0) is 43.1. The first-order valence-corrected chi connectivity index (χ1v) is 16.1. The molecule has 22 nitrogen and oxygen atoms in total. The molecule has 0 fully saturated rings. The van der Waals surface area contributed by atoms with Gasteiger partial charge in [0.05, 0.1) is 12.3 Å². The van der Waals surface area contributed by atoms with Crippen molar-refractivity contribution in [3.05, 3.63) is 187 Å². The number of hydrogen-bond donors (Lipinski definition) is 0. The normalized spacial score (nSPS) is 14.9. The number of hydroxylamine groups is 2. The molecular formula is C38H33N3O19. The molecular weight excluding hydrogens is 802 g/mol. The van der Waals surface area contributed by atoms with E-state index >= 15 is 0 Å². The van der Waals surface area contributed by atoms with Crippen molar-refractivity contribution < 1.29 is 90.4 Å². The first kappa shape index (κ1) is 46.9. The molecule has 0 atom stereocenters. The fourth-order valence-corrected chi connectivity index (χ4v) is 2.87. The van der Waals surface area contributed by atoms with Gasteiger partial charge in [0.2, 0.25) is 0 Å². The molecule has 314 valence electrons. The average molecular weight is 836 g/mol. The van der Waals surface area contributed by atoms with Gasteiger partial charge in [-0.3, -0.25) is 28.9 Å². The van der Waals surface area contributed by atoms with Gasteiger partial charge in [0, 0.05) is 42.8 Å². The predicted molar refractivity (Wildman–Crippen MR) is 198 cm³/mol. The third kappa shape index (κ3) is 24.2. The van der Waals surface area contributed by atoms with Gasteiger partial charge in [-0.2, -0.15) is 0 Å². The van der Waals surface area contributed by atoms with E-state index in [0.717, 1.165) is 72.6 Å². The third-order valence-electron chi connectivity index (χ3n) is 5.19. The van der Waals surface area contributed by atoms with Crippen LogP contribution in [0.1, 0.15) is 0 Å². The lowest BCUT2D eigenvalue weighted by molar-refractivity contribution is -0.192. The summed E-state index contributed by atoms with van der Waals surface area (Å²) in [5.74, 6) is -4.32. The Balaban J connectivity index is 1.35. The predicted octanol–water partition coefficient (Wildman–Crippen LogP) is 4.30. The minimum absolute atomic E-state index is 0.0380. The maximum Gasteiger partial charge on any atom is 0.359 e. The van der Waals surface area contributed by atoms with E-state index < -0.39 is 35.5 Å². The topological polar surface area (TPSA) is 241 Å². The lowest BCUT2D eigenvalue weighted by Gasteiger charge is -2.10. The molecule has 5 amide bonds. The van der Waals surface area contributed by atoms with E-state index in [2.05, 4.69) is 9.83 Å². The maximum atomic E-state index is 11.6. The van der Waals surface area contributed by atoms with Gasteiger partial charge < -0.3 is 61.7 Å². The van der Waals surface area contributed by atoms with Crippen LogP contribution < -0.4 is 0 Å². The highest BCUT2D eigenvalue weighted by atomic mass is 16.7. The molecule has 0 bridgehead atoms. The molecule has 0 aliphatic carbocycles. The number of hydrogen-bond acceptors (Lipinski definition) is 19. The van der Waals surface area contributed by atoms with Crippen LogP contribution in [0.4, 0.5) is 0 Å². The number of nitrogens with zero attached hydrogens (tertiary/aromatic N) is 3. The van der Waals surface area contributed by atoms with Crippen LogP contribution in [0, 0.1) is 0 Å². The van der Waals surface area contributed by atoms with E-state index in [9.17, 15) is 28.8 Å². The fourth-order valence-electron chi connectivity index (χ4n) is 2.87. The van der Waals surface area contributed by atoms with Gasteiger partial charge in [0.25, 0.3) is 29.5 Å². The highest BCUT2D eigenvalue weighted by Crippen LogP contribution is 2.05. The van der Waals surface area contributed by atoms with Crippen molar-refractivity contribution in [3.8, 4) is 0 Å². The standard InChI is InChI=1S/C38H33N3O19/c42-33(5-8-40-34(43)1-2-35(40)44)39-7-10-49-12-14-51-16-18-53-20-22-55-24-26-57-28-30-59-32-31-58-29-27-56-25-23-54-21-19-52-17-15-50-13-11-48-9-6-38(47)60-41-36(45)3-4-37(41)46/h1-9,11-32H,10H2. The highest BCUT2D eigenvalue weighted by Gasteiger charge is 2.27. The summed E-state index contributed by atoms with van der Waals surface area (Å²) in [5.41, 5.74) is 0. The fraction of sp³-hybridized carbons (Fsp3) is 0.0263. The van der Waals surface area contributed by atoms with Crippen molar-refractivity contribution >= 4 is 41.7 Å². The number of amides is 5. The van der Waals surface area contributed by atoms with Crippen LogP contribution in [0.5, 0.6) is 0 Å². The Hall–Kier alpha value is -9.21. The van der Waals surface area contributed by atoms with Crippen molar-refractivity contribution in [2.24, 2.45) is 4.99 Å². The number of carbonyl (C=O) groups is 6. The largest absolute Gasteiger partial charge is 0.492 e. The Morgan fingerprint density at radius 1 is 0.433 bits per heavy atom. The molecule has 0 spiro atoms. The Kier molecular flexibility index (Phi) is 25.1. The van der Waals surface area contributed by atoms with Crippen LogP contribution in [0.15, 0.2) is 192 Å². The molecule has 2 heterocycles. The minimum Gasteiger partial charge on any atom is -0.492 e. The highest BCUT2D eigenvalue weighted by molar-refractivity contribution is 6.14. The average Bonchev–Trinajstić information content (AvgIpc) is 3.74. The summed E-state index contributed by atoms with van der Waals surface area (Å²) in [6, 6.07) is 0. The maximum absolute atomic E-state index is 11.6. The molecule has 0 unspecified atom stereocenters. The second-order valence-corrected chi connectivity index (χ2v) is 9.19. The first-order valence-electron chi connectivity index (χ1n) is 16.1. The van der Waals surface area contributed by atoms with Crippen LogP contribution in [-0.4, -0.2) is 58.3 Å². The van der Waals surface area contributed by atoms with Crippen LogP contribution in [0.3, 0.4) is 0 Å². The lowest BCUT2D eigenvalue weighted by atomic mass is 10.5. The van der Waals surface area contributed by atoms with E-state index in [4.69, 9.17) is 56.8 Å². The zero-order valence-corrected chi connectivity index (χ0v) is 30.7. The van der Waals surface area contributed by atoms with E-state index in [1.54, 1.807) is 0 Å². The molecule has 2 rings (SSSR count). The Morgan fingerprint density at radius 3 is 1.12 bits per heavy atom. The molecule has 0 radical (unpaired) electrons. The number of imide groups is 2. The zero-order valence-electron chi connectivity index (χ0n) is 30.7. The second-order valence-electron chi connectivity index (χ2n) is 9.19. The van der Waals surface area contributed by atoms with Crippen molar-refractivity contribution in [3.63, 3.8) is 0 Å². The molecule has 60 heavy (non-hydrogen) atoms. The second kappa shape index (κ2) is 32.1. The van der Waals surface area contributed by atoms with Crippen LogP contribution >= 0.6 is 0 Å². The van der Waals surface area contributed by atoms with Gasteiger partial charge in [-0.1, -0.05) is 5.06 Å². The lowest BCUT2D eigenvalue weighted by Crippen LogP contribution is -2.32. The Morgan fingerprint density at radius 2 is 0.750 bits per heavy atom. The molecule has 0 N–H and O–H groups in total. The van der Waals surface area contributed by atoms with Gasteiger partial charge in [-0.25, -0.2) is 9.79 Å². The first-order chi connectivity index (χ1) is 29.4. The Bertz CT molecular complexity index is 1870. The van der Waals surface area contributed by atoms with Crippen LogP contribution in [0.2, 0.25) is 0 Å². The summed E-state index contributed by atoms with van der Waals surface area (Å²) in [7, 11) is 0. The number of carbonyl (C=O) groups excluding carboxylic acids is 6. The van der Waals surface area contributed by atoms with Crippen molar-refractivity contribution in [2.75, 3.05) is 6.61 Å². The summed E-state index contributed by atoms with van der Waals surface area (Å²) in [5, 5.41) is 0.303. The van der Waals surface area contributed by atoms with E-state index in [0.29, 0.717) is 5.06 Å². The third-order valence-corrected chi connectivity index (χ3v) is 5.19. The molecule has 2 aliphatic rings. The quantitative estimate of drug-likeness (QED) is 0.0335. The summed E-state index contributed by atoms with van der Waals surface area (Å²) >= 11 is 0. The van der Waals surface area contributed by atoms with E-state index in [-0.39, 0.29) is 6.61 Å². The van der Waals surface area contributed by atoms with Gasteiger partial charge in [0.1, 0.15) is 144 Å². The summed E-state index contributed by atoms with van der Waals surface area (Å²) < 4.78 is 59.5. The summed E-state index contributed by atoms with van der Waals surface area (Å²) in [4.78, 5) is 77.2. The van der Waals surface area contributed by atoms with Crippen molar-refractivity contribution in [1.29, 1.82) is 0 Å². The molecule has 0 saturated heterocycles. The SMILES string of the molecule is O=C(C=CN1C(=O)C=CC1=O)N=CCOC=COC=COC=COC=COC=COC=COC=COC=COC=COC=COC=COC=CC(=O)ON1C(=O)C=CC1=O. The van der Waals surface area contributed by atoms with Crippen molar-refractivity contribution in [1.82, 2.24) is 9.96 Å². The summed E-state index contributed by atoms with van der Waals surface area (Å²) in [6.07, 6.45) is 35.3. The molecule has 0 aromatic heterocycles. The van der Waals surface area contributed by atoms with Gasteiger partial charge in [0.15, 0.2) is 0 Å². The number of ether oxygens (including phenoxy) is 12. The Labute approximate surface area is 340 Å². The van der Waals surface area contributed by atoms with Gasteiger partial charge in [-0.05, 0) is 0 Å². The van der Waals surface area contributed by atoms with Crippen LogP contribution in [-0.2, 0) is 90.4 Å². The molecule has 0 aromatic carbocycles. The molecule has 2 aliphatic heterocycles. The van der Waals surface area contributed by atoms with E-state index in [1.165, 1.54) is 125 Å². The molecule has 22 heteroatoms. The van der Waals surface area contributed by atoms with E-state index in [1.807, 2.05) is 0 Å². The smallest absolute Gasteiger partial charge is 0.359 e. The minimum atomic E-state index is -1.00. The van der Waals surface area contributed by atoms with Gasteiger partial charge in [-0.15, -0.1) is 0 Å². The monoisotopic (exact) mass is 835 g/mol. The number of rotatable bonds is 29. The van der Waals surface area contributed by atoms with Gasteiger partial charge >= 0.3 is 5.97 Å². The van der Waals surface area contributed by atoms with Crippen molar-refractivity contribution in [2.45, 2.75) is 0 Å². The van der Waals surface area contributed by atoms with Crippen LogP contribution in [0.25, 0.3) is 0 Å².